The Morgan fingerprint density at radius 2 is 1.50 bits per heavy atom. The van der Waals surface area contributed by atoms with Crippen LogP contribution in [0.4, 0.5) is 5.69 Å². The Labute approximate surface area is 189 Å². The average molecular weight is 437 g/mol. The number of carbonyl (C=O) groups excluding carboxylic acids is 3. The number of hydrogen-bond donors (Lipinski definition) is 1. The number of piperidine rings is 1. The zero-order valence-electron chi connectivity index (χ0n) is 19.3. The van der Waals surface area contributed by atoms with Crippen molar-refractivity contribution < 1.29 is 19.1 Å². The van der Waals surface area contributed by atoms with Gasteiger partial charge in [-0.15, -0.1) is 0 Å². The minimum Gasteiger partial charge on any atom is -0.462 e. The SMILES string of the molecule is CCOC(=O)c1ccc(NC(=O)C2CCN(C(=O)c3ccc(C(C)(C)C)cc3)CC2)cc1. The van der Waals surface area contributed by atoms with Gasteiger partial charge in [0.25, 0.3) is 5.91 Å². The number of esters is 1. The van der Waals surface area contributed by atoms with E-state index in [2.05, 4.69) is 26.1 Å². The van der Waals surface area contributed by atoms with E-state index in [-0.39, 0.29) is 29.1 Å². The van der Waals surface area contributed by atoms with Gasteiger partial charge in [-0.05, 0) is 67.1 Å². The first-order chi connectivity index (χ1) is 15.2. The molecule has 0 bridgehead atoms. The quantitative estimate of drug-likeness (QED) is 0.692. The van der Waals surface area contributed by atoms with Crippen molar-refractivity contribution in [3.05, 3.63) is 65.2 Å². The first kappa shape index (κ1) is 23.5. The molecule has 0 unspecified atom stereocenters. The van der Waals surface area contributed by atoms with E-state index in [1.165, 1.54) is 5.56 Å². The molecule has 2 amide bonds. The number of amides is 2. The highest BCUT2D eigenvalue weighted by Crippen LogP contribution is 2.24. The van der Waals surface area contributed by atoms with Crippen LogP contribution in [0.1, 0.15) is 66.8 Å². The molecule has 170 valence electrons. The summed E-state index contributed by atoms with van der Waals surface area (Å²) in [5, 5.41) is 2.91. The van der Waals surface area contributed by atoms with Gasteiger partial charge in [0, 0.05) is 30.3 Å². The van der Waals surface area contributed by atoms with Crippen LogP contribution in [0.2, 0.25) is 0 Å². The number of nitrogens with one attached hydrogen (secondary N) is 1. The summed E-state index contributed by atoms with van der Waals surface area (Å²) < 4.78 is 4.97. The minimum absolute atomic E-state index is 0.0128. The predicted octanol–water partition coefficient (Wildman–Crippen LogP) is 4.65. The molecule has 1 fully saturated rings. The largest absolute Gasteiger partial charge is 0.462 e. The number of carbonyl (C=O) groups is 3. The fraction of sp³-hybridized carbons (Fsp3) is 0.423. The monoisotopic (exact) mass is 436 g/mol. The molecular weight excluding hydrogens is 404 g/mol. The Bertz CT molecular complexity index is 951. The molecule has 0 radical (unpaired) electrons. The van der Waals surface area contributed by atoms with Crippen molar-refractivity contribution in [2.75, 3.05) is 25.0 Å². The van der Waals surface area contributed by atoms with Crippen molar-refractivity contribution in [1.82, 2.24) is 4.90 Å². The molecule has 2 aromatic carbocycles. The van der Waals surface area contributed by atoms with Crippen molar-refractivity contribution in [2.24, 2.45) is 5.92 Å². The van der Waals surface area contributed by atoms with Crippen molar-refractivity contribution in [2.45, 2.75) is 46.0 Å². The summed E-state index contributed by atoms with van der Waals surface area (Å²) in [6.07, 6.45) is 1.25. The minimum atomic E-state index is -0.379. The highest BCUT2D eigenvalue weighted by Gasteiger charge is 2.28. The molecule has 1 heterocycles. The van der Waals surface area contributed by atoms with Crippen LogP contribution in [0.3, 0.4) is 0 Å². The molecule has 32 heavy (non-hydrogen) atoms. The van der Waals surface area contributed by atoms with Crippen LogP contribution in [0.25, 0.3) is 0 Å². The van der Waals surface area contributed by atoms with Gasteiger partial charge in [0.1, 0.15) is 0 Å². The lowest BCUT2D eigenvalue weighted by Crippen LogP contribution is -2.41. The third kappa shape index (κ3) is 5.75. The highest BCUT2D eigenvalue weighted by atomic mass is 16.5. The average Bonchev–Trinajstić information content (AvgIpc) is 2.79. The summed E-state index contributed by atoms with van der Waals surface area (Å²) >= 11 is 0. The number of benzene rings is 2. The maximum Gasteiger partial charge on any atom is 0.338 e. The Balaban J connectivity index is 1.52. The number of ether oxygens (including phenoxy) is 1. The fourth-order valence-corrected chi connectivity index (χ4v) is 3.79. The van der Waals surface area contributed by atoms with Gasteiger partial charge in [-0.1, -0.05) is 32.9 Å². The van der Waals surface area contributed by atoms with Gasteiger partial charge < -0.3 is 15.0 Å². The highest BCUT2D eigenvalue weighted by molar-refractivity contribution is 5.96. The van der Waals surface area contributed by atoms with Gasteiger partial charge in [0.05, 0.1) is 12.2 Å². The third-order valence-corrected chi connectivity index (χ3v) is 5.81. The van der Waals surface area contributed by atoms with E-state index in [9.17, 15) is 14.4 Å². The van der Waals surface area contributed by atoms with Crippen LogP contribution in [0, 0.1) is 5.92 Å². The number of hydrogen-bond acceptors (Lipinski definition) is 4. The normalized spacial score (nSPS) is 14.7. The maximum atomic E-state index is 12.8. The van der Waals surface area contributed by atoms with E-state index in [1.54, 1.807) is 31.2 Å². The van der Waals surface area contributed by atoms with E-state index >= 15 is 0 Å². The summed E-state index contributed by atoms with van der Waals surface area (Å²) in [6, 6.07) is 14.5. The summed E-state index contributed by atoms with van der Waals surface area (Å²) in [6.45, 7) is 9.63. The van der Waals surface area contributed by atoms with E-state index in [0.29, 0.717) is 49.4 Å². The Kier molecular flexibility index (Phi) is 7.33. The van der Waals surface area contributed by atoms with Crippen molar-refractivity contribution in [1.29, 1.82) is 0 Å². The molecule has 2 aromatic rings. The van der Waals surface area contributed by atoms with Crippen LogP contribution >= 0.6 is 0 Å². The van der Waals surface area contributed by atoms with Crippen molar-refractivity contribution >= 4 is 23.5 Å². The van der Waals surface area contributed by atoms with Gasteiger partial charge in [-0.25, -0.2) is 4.79 Å². The first-order valence-corrected chi connectivity index (χ1v) is 11.2. The number of likely N-dealkylation sites (tertiary alicyclic amines) is 1. The van der Waals surface area contributed by atoms with E-state index in [0.717, 1.165) is 0 Å². The van der Waals surface area contributed by atoms with Gasteiger partial charge >= 0.3 is 5.97 Å². The molecule has 6 nitrogen and oxygen atoms in total. The van der Waals surface area contributed by atoms with Gasteiger partial charge in [-0.3, -0.25) is 9.59 Å². The first-order valence-electron chi connectivity index (χ1n) is 11.2. The molecule has 0 atom stereocenters. The Hall–Kier alpha value is -3.15. The summed E-state index contributed by atoms with van der Waals surface area (Å²) in [4.78, 5) is 39.1. The molecule has 1 aliphatic heterocycles. The number of rotatable bonds is 5. The van der Waals surface area contributed by atoms with Crippen LogP contribution < -0.4 is 5.32 Å². The molecule has 1 aliphatic rings. The van der Waals surface area contributed by atoms with Crippen LogP contribution in [0.15, 0.2) is 48.5 Å². The lowest BCUT2D eigenvalue weighted by atomic mass is 9.86. The second kappa shape index (κ2) is 9.98. The van der Waals surface area contributed by atoms with Crippen LogP contribution in [-0.2, 0) is 14.9 Å². The second-order valence-electron chi connectivity index (χ2n) is 9.18. The smallest absolute Gasteiger partial charge is 0.338 e. The third-order valence-electron chi connectivity index (χ3n) is 5.81. The van der Waals surface area contributed by atoms with Gasteiger partial charge in [-0.2, -0.15) is 0 Å². The maximum absolute atomic E-state index is 12.8. The predicted molar refractivity (Wildman–Crippen MR) is 125 cm³/mol. The molecule has 1 N–H and O–H groups in total. The van der Waals surface area contributed by atoms with E-state index in [1.807, 2.05) is 29.2 Å². The molecule has 0 aliphatic carbocycles. The Morgan fingerprint density at radius 1 is 0.938 bits per heavy atom. The molecule has 1 saturated heterocycles. The Morgan fingerprint density at radius 3 is 2.03 bits per heavy atom. The fourth-order valence-electron chi connectivity index (χ4n) is 3.79. The molecule has 3 rings (SSSR count). The zero-order chi connectivity index (χ0) is 23.3. The molecule has 6 heteroatoms. The van der Waals surface area contributed by atoms with E-state index < -0.39 is 0 Å². The topological polar surface area (TPSA) is 75.7 Å². The summed E-state index contributed by atoms with van der Waals surface area (Å²) in [7, 11) is 0. The van der Waals surface area contributed by atoms with Gasteiger partial charge in [0.15, 0.2) is 0 Å². The summed E-state index contributed by atoms with van der Waals surface area (Å²) in [5.74, 6) is -0.572. The molecule has 0 saturated carbocycles. The van der Waals surface area contributed by atoms with Gasteiger partial charge in [0.2, 0.25) is 5.91 Å². The standard InChI is InChI=1S/C26H32N2O4/c1-5-32-25(31)20-8-12-22(13-9-20)27-23(29)18-14-16-28(17-15-18)24(30)19-6-10-21(11-7-19)26(2,3)4/h6-13,18H,5,14-17H2,1-4H3,(H,27,29). The van der Waals surface area contributed by atoms with Crippen molar-refractivity contribution in [3.63, 3.8) is 0 Å². The molecular formula is C26H32N2O4. The lowest BCUT2D eigenvalue weighted by Gasteiger charge is -2.31. The number of anilines is 1. The lowest BCUT2D eigenvalue weighted by molar-refractivity contribution is -0.121. The molecule has 0 aromatic heterocycles. The number of nitrogens with zero attached hydrogens (tertiary/aromatic N) is 1. The van der Waals surface area contributed by atoms with Crippen LogP contribution in [-0.4, -0.2) is 42.4 Å². The zero-order valence-corrected chi connectivity index (χ0v) is 19.3. The van der Waals surface area contributed by atoms with Crippen LogP contribution in [0.5, 0.6) is 0 Å². The van der Waals surface area contributed by atoms with Crippen molar-refractivity contribution in [3.8, 4) is 0 Å². The molecule has 0 spiro atoms. The second-order valence-corrected chi connectivity index (χ2v) is 9.18. The summed E-state index contributed by atoms with van der Waals surface area (Å²) in [5.41, 5.74) is 3.02. The van der Waals surface area contributed by atoms with E-state index in [4.69, 9.17) is 4.74 Å².